The summed E-state index contributed by atoms with van der Waals surface area (Å²) in [5.41, 5.74) is 2.47. The number of benzene rings is 2. The van der Waals surface area contributed by atoms with Crippen molar-refractivity contribution >= 4 is 5.69 Å². The van der Waals surface area contributed by atoms with Crippen molar-refractivity contribution in [1.82, 2.24) is 0 Å². The van der Waals surface area contributed by atoms with E-state index >= 15 is 0 Å². The van der Waals surface area contributed by atoms with Gasteiger partial charge in [0.05, 0.1) is 0 Å². The highest BCUT2D eigenvalue weighted by atomic mass is 16.3. The molecule has 16 heavy (non-hydrogen) atoms. The predicted octanol–water partition coefficient (Wildman–Crippen LogP) is 3.43. The largest absolute Gasteiger partial charge is 0.508 e. The molecule has 0 radical (unpaired) electrons. The molecule has 0 saturated heterocycles. The molecule has 0 amide bonds. The van der Waals surface area contributed by atoms with Crippen LogP contribution in [-0.4, -0.2) is 12.2 Å². The molecule has 2 aromatic rings. The minimum Gasteiger partial charge on any atom is -0.508 e. The Morgan fingerprint density at radius 2 is 1.62 bits per heavy atom. The van der Waals surface area contributed by atoms with Crippen molar-refractivity contribution in [2.45, 2.75) is 6.92 Å². The van der Waals surface area contributed by atoms with Crippen LogP contribution in [0, 0.1) is 6.92 Å². The zero-order chi connectivity index (χ0) is 11.8. The molecular formula is C14H17NO. The first kappa shape index (κ1) is 12.1. The fourth-order valence-electron chi connectivity index (χ4n) is 1.23. The van der Waals surface area contributed by atoms with Gasteiger partial charge in [0, 0.05) is 12.7 Å². The molecule has 2 heteroatoms. The maximum absolute atomic E-state index is 8.63. The van der Waals surface area contributed by atoms with Crippen molar-refractivity contribution < 1.29 is 5.11 Å². The molecule has 84 valence electrons. The van der Waals surface area contributed by atoms with Gasteiger partial charge in [0.25, 0.3) is 0 Å². The van der Waals surface area contributed by atoms with Gasteiger partial charge in [0.15, 0.2) is 0 Å². The van der Waals surface area contributed by atoms with Gasteiger partial charge in [-0.2, -0.15) is 0 Å². The van der Waals surface area contributed by atoms with Gasteiger partial charge in [-0.05, 0) is 36.8 Å². The number of phenols is 1. The Hall–Kier alpha value is -1.96. The van der Waals surface area contributed by atoms with Gasteiger partial charge in [-0.25, -0.2) is 0 Å². The third-order valence-corrected chi connectivity index (χ3v) is 2.06. The molecule has 0 atom stereocenters. The molecule has 2 rings (SSSR count). The SMILES string of the molecule is CNc1cccc(C)c1.Oc1ccccc1. The molecule has 0 spiro atoms. The van der Waals surface area contributed by atoms with Crippen molar-refractivity contribution in [3.05, 3.63) is 60.2 Å². The number of rotatable bonds is 1. The molecule has 0 fully saturated rings. The molecule has 0 heterocycles. The van der Waals surface area contributed by atoms with E-state index in [1.54, 1.807) is 24.3 Å². The Morgan fingerprint density at radius 1 is 0.938 bits per heavy atom. The molecule has 0 aliphatic carbocycles. The van der Waals surface area contributed by atoms with Gasteiger partial charge in [-0.3, -0.25) is 0 Å². The topological polar surface area (TPSA) is 32.3 Å². The molecule has 0 aliphatic rings. The zero-order valence-electron chi connectivity index (χ0n) is 9.64. The Labute approximate surface area is 96.6 Å². The third kappa shape index (κ3) is 4.51. The lowest BCUT2D eigenvalue weighted by Crippen LogP contribution is -1.86. The van der Waals surface area contributed by atoms with E-state index in [2.05, 4.69) is 24.4 Å². The summed E-state index contributed by atoms with van der Waals surface area (Å²) in [5, 5.41) is 11.7. The smallest absolute Gasteiger partial charge is 0.115 e. The van der Waals surface area contributed by atoms with E-state index in [-0.39, 0.29) is 0 Å². The summed E-state index contributed by atoms with van der Waals surface area (Å²) in [6.45, 7) is 2.08. The van der Waals surface area contributed by atoms with Gasteiger partial charge in [-0.15, -0.1) is 0 Å². The lowest BCUT2D eigenvalue weighted by molar-refractivity contribution is 0.475. The van der Waals surface area contributed by atoms with Crippen LogP contribution in [-0.2, 0) is 0 Å². The van der Waals surface area contributed by atoms with Crippen LogP contribution in [0.4, 0.5) is 5.69 Å². The predicted molar refractivity (Wildman–Crippen MR) is 68.8 cm³/mol. The Morgan fingerprint density at radius 3 is 2.00 bits per heavy atom. The summed E-state index contributed by atoms with van der Waals surface area (Å²) in [5.74, 6) is 0.322. The fourth-order valence-corrected chi connectivity index (χ4v) is 1.23. The van der Waals surface area contributed by atoms with Crippen molar-refractivity contribution in [2.24, 2.45) is 0 Å². The fraction of sp³-hybridized carbons (Fsp3) is 0.143. The normalized spacial score (nSPS) is 8.88. The number of hydrogen-bond donors (Lipinski definition) is 2. The average Bonchev–Trinajstić information content (AvgIpc) is 2.31. The van der Waals surface area contributed by atoms with E-state index in [0.29, 0.717) is 5.75 Å². The van der Waals surface area contributed by atoms with Gasteiger partial charge in [0.1, 0.15) is 5.75 Å². The summed E-state index contributed by atoms with van der Waals surface area (Å²) < 4.78 is 0. The number of nitrogens with one attached hydrogen (secondary N) is 1. The Balaban J connectivity index is 0.000000165. The molecule has 0 unspecified atom stereocenters. The molecule has 2 aromatic carbocycles. The van der Waals surface area contributed by atoms with Crippen molar-refractivity contribution in [1.29, 1.82) is 0 Å². The number of hydrogen-bond acceptors (Lipinski definition) is 2. The quantitative estimate of drug-likeness (QED) is 0.763. The van der Waals surface area contributed by atoms with Gasteiger partial charge >= 0.3 is 0 Å². The second-order valence-electron chi connectivity index (χ2n) is 3.46. The van der Waals surface area contributed by atoms with Gasteiger partial charge < -0.3 is 10.4 Å². The first-order valence-corrected chi connectivity index (χ1v) is 5.21. The number of anilines is 1. The van der Waals surface area contributed by atoms with Crippen molar-refractivity contribution in [2.75, 3.05) is 12.4 Å². The lowest BCUT2D eigenvalue weighted by Gasteiger charge is -1.98. The second-order valence-corrected chi connectivity index (χ2v) is 3.46. The molecule has 0 saturated carbocycles. The van der Waals surface area contributed by atoms with E-state index in [1.807, 2.05) is 25.2 Å². The highest BCUT2D eigenvalue weighted by Gasteiger charge is 1.84. The zero-order valence-corrected chi connectivity index (χ0v) is 9.64. The monoisotopic (exact) mass is 215 g/mol. The van der Waals surface area contributed by atoms with Crippen LogP contribution in [0.2, 0.25) is 0 Å². The summed E-state index contributed by atoms with van der Waals surface area (Å²) in [6.07, 6.45) is 0. The summed E-state index contributed by atoms with van der Waals surface area (Å²) in [6, 6.07) is 17.0. The number of aromatic hydroxyl groups is 1. The third-order valence-electron chi connectivity index (χ3n) is 2.06. The summed E-state index contributed by atoms with van der Waals surface area (Å²) in [7, 11) is 1.93. The maximum Gasteiger partial charge on any atom is 0.115 e. The van der Waals surface area contributed by atoms with E-state index in [4.69, 9.17) is 5.11 Å². The van der Waals surface area contributed by atoms with Gasteiger partial charge in [0.2, 0.25) is 0 Å². The van der Waals surface area contributed by atoms with Crippen molar-refractivity contribution in [3.8, 4) is 5.75 Å². The van der Waals surface area contributed by atoms with E-state index in [0.717, 1.165) is 0 Å². The maximum atomic E-state index is 8.63. The van der Waals surface area contributed by atoms with Crippen LogP contribution in [0.1, 0.15) is 5.56 Å². The van der Waals surface area contributed by atoms with E-state index in [9.17, 15) is 0 Å². The number of phenolic OH excluding ortho intramolecular Hbond substituents is 1. The molecule has 2 N–H and O–H groups in total. The Kier molecular flexibility index (Phi) is 4.93. The van der Waals surface area contributed by atoms with Crippen LogP contribution in [0.5, 0.6) is 5.75 Å². The van der Waals surface area contributed by atoms with E-state index < -0.39 is 0 Å². The van der Waals surface area contributed by atoms with Gasteiger partial charge in [-0.1, -0.05) is 30.3 Å². The molecule has 0 bridgehead atoms. The molecular weight excluding hydrogens is 198 g/mol. The van der Waals surface area contributed by atoms with Crippen LogP contribution >= 0.6 is 0 Å². The first-order chi connectivity index (χ1) is 7.72. The number of aryl methyl sites for hydroxylation is 1. The molecule has 2 nitrogen and oxygen atoms in total. The summed E-state index contributed by atoms with van der Waals surface area (Å²) >= 11 is 0. The van der Waals surface area contributed by atoms with E-state index in [1.165, 1.54) is 11.3 Å². The minimum atomic E-state index is 0.322. The van der Waals surface area contributed by atoms with Crippen LogP contribution in [0.25, 0.3) is 0 Å². The summed E-state index contributed by atoms with van der Waals surface area (Å²) in [4.78, 5) is 0. The average molecular weight is 215 g/mol. The molecule has 0 aromatic heterocycles. The van der Waals surface area contributed by atoms with Crippen LogP contribution in [0.3, 0.4) is 0 Å². The second kappa shape index (κ2) is 6.51. The highest BCUT2D eigenvalue weighted by Crippen LogP contribution is 2.07. The van der Waals surface area contributed by atoms with Crippen molar-refractivity contribution in [3.63, 3.8) is 0 Å². The Bertz CT molecular complexity index is 412. The highest BCUT2D eigenvalue weighted by molar-refractivity contribution is 5.44. The standard InChI is InChI=1S/C8H11N.C6H6O/c1-7-4-3-5-8(6-7)9-2;7-6-4-2-1-3-5-6/h3-6,9H,1-2H3;1-5,7H. The lowest BCUT2D eigenvalue weighted by atomic mass is 10.2. The first-order valence-electron chi connectivity index (χ1n) is 5.21. The molecule has 0 aliphatic heterocycles. The van der Waals surface area contributed by atoms with Crippen LogP contribution < -0.4 is 5.32 Å². The van der Waals surface area contributed by atoms with Crippen LogP contribution in [0.15, 0.2) is 54.6 Å². The minimum absolute atomic E-state index is 0.322. The number of para-hydroxylation sites is 1.